The molecule has 12 heteroatoms. The number of ether oxygens (including phenoxy) is 1. The molecule has 1 amide bonds. The van der Waals surface area contributed by atoms with Crippen molar-refractivity contribution in [2.24, 2.45) is 0 Å². The second-order valence-corrected chi connectivity index (χ2v) is 11.4. The molecular formula is C23H24Cl2N4O4S2. The molecule has 4 rings (SSSR count). The number of piperazine rings is 1. The summed E-state index contributed by atoms with van der Waals surface area (Å²) in [5, 5.41) is 2.66. The first-order valence-electron chi connectivity index (χ1n) is 10.8. The molecule has 0 bridgehead atoms. The van der Waals surface area contributed by atoms with Crippen LogP contribution in [-0.4, -0.2) is 56.0 Å². The molecule has 2 atom stereocenters. The lowest BCUT2D eigenvalue weighted by Gasteiger charge is -2.41. The number of hydrogen-bond donors (Lipinski definition) is 1. The summed E-state index contributed by atoms with van der Waals surface area (Å²) >= 11 is 13.4. The maximum Gasteiger partial charge on any atom is 0.263 e. The van der Waals surface area contributed by atoms with Crippen LogP contribution in [0, 0.1) is 0 Å². The van der Waals surface area contributed by atoms with Crippen molar-refractivity contribution in [2.75, 3.05) is 29.3 Å². The summed E-state index contributed by atoms with van der Waals surface area (Å²) in [5.41, 5.74) is 0.882. The van der Waals surface area contributed by atoms with Crippen LogP contribution in [0.4, 0.5) is 10.8 Å². The van der Waals surface area contributed by atoms with Crippen LogP contribution < -0.4 is 14.4 Å². The van der Waals surface area contributed by atoms with E-state index in [9.17, 15) is 13.2 Å². The monoisotopic (exact) mass is 554 g/mol. The van der Waals surface area contributed by atoms with Gasteiger partial charge in [0.15, 0.2) is 11.2 Å². The van der Waals surface area contributed by atoms with E-state index in [1.54, 1.807) is 59.7 Å². The van der Waals surface area contributed by atoms with Gasteiger partial charge in [-0.15, -0.1) is 11.3 Å². The average molecular weight is 556 g/mol. The molecule has 0 radical (unpaired) electrons. The molecule has 35 heavy (non-hydrogen) atoms. The molecule has 0 saturated carbocycles. The standard InChI is InChI=1S/C23H24Cl2N4O4S2/c1-15-14-28(17-6-8-18(9-7-17)35(31,32)27-23-26-10-13-34-23)11-12-29(15)22(30)16(2)33-20-5-3-4-19(24)21(20)25/h3-10,13,15-16H,11-12,14H2,1-2H3,(H,26,27)/t15-,16+/m0/s1. The van der Waals surface area contributed by atoms with E-state index in [1.807, 2.05) is 6.92 Å². The van der Waals surface area contributed by atoms with Crippen molar-refractivity contribution in [1.82, 2.24) is 9.88 Å². The van der Waals surface area contributed by atoms with Crippen LogP contribution in [0.2, 0.25) is 10.0 Å². The largest absolute Gasteiger partial charge is 0.479 e. The highest BCUT2D eigenvalue weighted by Gasteiger charge is 2.31. The van der Waals surface area contributed by atoms with Crippen molar-refractivity contribution in [2.45, 2.75) is 30.9 Å². The zero-order chi connectivity index (χ0) is 25.2. The number of amides is 1. The number of aromatic nitrogens is 1. The Kier molecular flexibility index (Phi) is 7.75. The smallest absolute Gasteiger partial charge is 0.263 e. The Labute approximate surface area is 218 Å². The van der Waals surface area contributed by atoms with Gasteiger partial charge in [-0.3, -0.25) is 9.52 Å². The normalized spacial score (nSPS) is 17.2. The van der Waals surface area contributed by atoms with Crippen LogP contribution in [0.3, 0.4) is 0 Å². The Morgan fingerprint density at radius 2 is 1.94 bits per heavy atom. The third-order valence-electron chi connectivity index (χ3n) is 5.64. The zero-order valence-electron chi connectivity index (χ0n) is 19.0. The first-order valence-corrected chi connectivity index (χ1v) is 14.0. The summed E-state index contributed by atoms with van der Waals surface area (Å²) in [6.45, 7) is 5.37. The van der Waals surface area contributed by atoms with Gasteiger partial charge in [-0.2, -0.15) is 0 Å². The molecule has 1 N–H and O–H groups in total. The molecule has 1 aromatic heterocycles. The van der Waals surface area contributed by atoms with E-state index in [1.165, 1.54) is 17.5 Å². The number of thiazole rings is 1. The highest BCUT2D eigenvalue weighted by atomic mass is 35.5. The molecule has 2 aromatic carbocycles. The second-order valence-electron chi connectivity index (χ2n) is 8.08. The molecule has 1 saturated heterocycles. The third-order valence-corrected chi connectivity index (χ3v) is 8.62. The molecule has 1 aliphatic heterocycles. The zero-order valence-corrected chi connectivity index (χ0v) is 22.2. The minimum Gasteiger partial charge on any atom is -0.479 e. The number of halogens is 2. The lowest BCUT2D eigenvalue weighted by atomic mass is 10.1. The van der Waals surface area contributed by atoms with Gasteiger partial charge in [-0.25, -0.2) is 13.4 Å². The van der Waals surface area contributed by atoms with E-state index >= 15 is 0 Å². The number of sulfonamides is 1. The van der Waals surface area contributed by atoms with Gasteiger partial charge in [-0.1, -0.05) is 29.3 Å². The molecule has 0 aliphatic carbocycles. The van der Waals surface area contributed by atoms with Gasteiger partial charge in [0.2, 0.25) is 0 Å². The molecule has 2 heterocycles. The van der Waals surface area contributed by atoms with Gasteiger partial charge < -0.3 is 14.5 Å². The third kappa shape index (κ3) is 5.83. The van der Waals surface area contributed by atoms with E-state index in [4.69, 9.17) is 27.9 Å². The second kappa shape index (κ2) is 10.6. The Bertz CT molecular complexity index is 1290. The maximum absolute atomic E-state index is 13.1. The highest BCUT2D eigenvalue weighted by Crippen LogP contribution is 2.32. The fraction of sp³-hybridized carbons (Fsp3) is 0.304. The van der Waals surface area contributed by atoms with Crippen molar-refractivity contribution >= 4 is 61.3 Å². The van der Waals surface area contributed by atoms with Gasteiger partial charge in [0.1, 0.15) is 10.8 Å². The van der Waals surface area contributed by atoms with Gasteiger partial charge in [0, 0.05) is 42.9 Å². The van der Waals surface area contributed by atoms with E-state index in [0.29, 0.717) is 35.5 Å². The molecule has 0 spiro atoms. The first-order chi connectivity index (χ1) is 16.7. The molecule has 1 fully saturated rings. The van der Waals surface area contributed by atoms with Crippen LogP contribution in [0.5, 0.6) is 5.75 Å². The lowest BCUT2D eigenvalue weighted by Crippen LogP contribution is -2.56. The SMILES string of the molecule is C[C@@H](Oc1cccc(Cl)c1Cl)C(=O)N1CCN(c2ccc(S(=O)(=O)Nc3nccs3)cc2)C[C@@H]1C. The van der Waals surface area contributed by atoms with Crippen LogP contribution in [0.1, 0.15) is 13.8 Å². The number of nitrogens with zero attached hydrogens (tertiary/aromatic N) is 3. The van der Waals surface area contributed by atoms with Crippen LogP contribution in [0.15, 0.2) is 58.9 Å². The first kappa shape index (κ1) is 25.6. The topological polar surface area (TPSA) is 91.8 Å². The average Bonchev–Trinajstić information content (AvgIpc) is 3.34. The van der Waals surface area contributed by atoms with E-state index in [0.717, 1.165) is 5.69 Å². The minimum absolute atomic E-state index is 0.0767. The molecule has 0 unspecified atom stereocenters. The number of rotatable bonds is 7. The Morgan fingerprint density at radius 1 is 1.20 bits per heavy atom. The van der Waals surface area contributed by atoms with Gasteiger partial charge in [0.25, 0.3) is 15.9 Å². The van der Waals surface area contributed by atoms with Crippen LogP contribution in [-0.2, 0) is 14.8 Å². The number of carbonyl (C=O) groups excluding carboxylic acids is 1. The van der Waals surface area contributed by atoms with Gasteiger partial charge >= 0.3 is 0 Å². The summed E-state index contributed by atoms with van der Waals surface area (Å²) in [6.07, 6.45) is 0.811. The van der Waals surface area contributed by atoms with Crippen molar-refractivity contribution in [3.05, 3.63) is 64.1 Å². The van der Waals surface area contributed by atoms with E-state index in [2.05, 4.69) is 14.6 Å². The number of hydrogen-bond acceptors (Lipinski definition) is 7. The lowest BCUT2D eigenvalue weighted by molar-refractivity contribution is -0.140. The molecule has 1 aliphatic rings. The number of benzene rings is 2. The summed E-state index contributed by atoms with van der Waals surface area (Å²) in [5.74, 6) is 0.230. The number of anilines is 2. The fourth-order valence-electron chi connectivity index (χ4n) is 3.85. The Balaban J connectivity index is 1.37. The summed E-state index contributed by atoms with van der Waals surface area (Å²) in [7, 11) is -3.71. The van der Waals surface area contributed by atoms with Crippen molar-refractivity contribution in [3.63, 3.8) is 0 Å². The van der Waals surface area contributed by atoms with E-state index in [-0.39, 0.29) is 21.9 Å². The Morgan fingerprint density at radius 3 is 2.60 bits per heavy atom. The van der Waals surface area contributed by atoms with Crippen molar-refractivity contribution in [1.29, 1.82) is 0 Å². The number of carbonyl (C=O) groups is 1. The molecule has 186 valence electrons. The Hall–Kier alpha value is -2.53. The van der Waals surface area contributed by atoms with E-state index < -0.39 is 16.1 Å². The van der Waals surface area contributed by atoms with Crippen molar-refractivity contribution in [3.8, 4) is 5.75 Å². The molecule has 8 nitrogen and oxygen atoms in total. The predicted octanol–water partition coefficient (Wildman–Crippen LogP) is 4.76. The highest BCUT2D eigenvalue weighted by molar-refractivity contribution is 7.93. The summed E-state index contributed by atoms with van der Waals surface area (Å²) in [4.78, 5) is 21.1. The fourth-order valence-corrected chi connectivity index (χ4v) is 5.98. The van der Waals surface area contributed by atoms with Crippen LogP contribution in [0.25, 0.3) is 0 Å². The number of nitrogens with one attached hydrogen (secondary N) is 1. The van der Waals surface area contributed by atoms with Gasteiger partial charge in [0.05, 0.1) is 9.92 Å². The van der Waals surface area contributed by atoms with Crippen LogP contribution >= 0.6 is 34.5 Å². The summed E-state index contributed by atoms with van der Waals surface area (Å²) in [6, 6.07) is 11.7. The quantitative estimate of drug-likeness (QED) is 0.452. The van der Waals surface area contributed by atoms with Gasteiger partial charge in [-0.05, 0) is 50.2 Å². The maximum atomic E-state index is 13.1. The predicted molar refractivity (Wildman–Crippen MR) is 139 cm³/mol. The summed E-state index contributed by atoms with van der Waals surface area (Å²) < 4.78 is 33.4. The molecule has 3 aromatic rings. The minimum atomic E-state index is -3.71. The molecular weight excluding hydrogens is 531 g/mol. The van der Waals surface area contributed by atoms with Crippen molar-refractivity contribution < 1.29 is 17.9 Å².